The Labute approximate surface area is 162 Å². The van der Waals surface area contributed by atoms with E-state index >= 15 is 0 Å². The summed E-state index contributed by atoms with van der Waals surface area (Å²) < 4.78 is 0. The van der Waals surface area contributed by atoms with Crippen LogP contribution in [0.4, 0.5) is 0 Å². The lowest BCUT2D eigenvalue weighted by Crippen LogP contribution is -2.50. The van der Waals surface area contributed by atoms with Gasteiger partial charge in [0.1, 0.15) is 6.04 Å². The van der Waals surface area contributed by atoms with E-state index in [1.165, 1.54) is 4.90 Å². The first-order chi connectivity index (χ1) is 12.4. The predicted octanol–water partition coefficient (Wildman–Crippen LogP) is 2.33. The fourth-order valence-corrected chi connectivity index (χ4v) is 2.51. The fraction of sp³-hybridized carbons (Fsp3) is 0.571. The van der Waals surface area contributed by atoms with Crippen molar-refractivity contribution in [2.24, 2.45) is 5.92 Å². The highest BCUT2D eigenvalue weighted by atomic mass is 16.2. The molecule has 0 fully saturated rings. The van der Waals surface area contributed by atoms with E-state index in [4.69, 9.17) is 0 Å². The van der Waals surface area contributed by atoms with Crippen molar-refractivity contribution in [3.63, 3.8) is 0 Å². The van der Waals surface area contributed by atoms with E-state index in [0.717, 1.165) is 5.56 Å². The third-order valence-electron chi connectivity index (χ3n) is 4.39. The SMILES string of the molecule is CC(C)C(NC(=O)c1ccc(C(C)(C)C)cc1)C(=O)NCCC(=O)N(C)C. The van der Waals surface area contributed by atoms with Gasteiger partial charge in [-0.1, -0.05) is 46.8 Å². The van der Waals surface area contributed by atoms with Gasteiger partial charge in [0.2, 0.25) is 11.8 Å². The van der Waals surface area contributed by atoms with Crippen molar-refractivity contribution in [3.05, 3.63) is 35.4 Å². The summed E-state index contributed by atoms with van der Waals surface area (Å²) in [4.78, 5) is 38.1. The zero-order valence-corrected chi connectivity index (χ0v) is 17.6. The molecule has 0 spiro atoms. The summed E-state index contributed by atoms with van der Waals surface area (Å²) in [5.74, 6) is -0.698. The van der Waals surface area contributed by atoms with Gasteiger partial charge in [-0.05, 0) is 29.0 Å². The summed E-state index contributed by atoms with van der Waals surface area (Å²) in [7, 11) is 3.35. The molecule has 1 aromatic carbocycles. The molecule has 2 N–H and O–H groups in total. The monoisotopic (exact) mass is 375 g/mol. The molecule has 0 aliphatic rings. The molecule has 0 saturated heterocycles. The average molecular weight is 376 g/mol. The van der Waals surface area contributed by atoms with Gasteiger partial charge in [0, 0.05) is 32.6 Å². The molecule has 0 aliphatic heterocycles. The molecule has 1 rings (SSSR count). The molecular formula is C21H33N3O3. The van der Waals surface area contributed by atoms with Crippen LogP contribution in [0.2, 0.25) is 0 Å². The third-order valence-corrected chi connectivity index (χ3v) is 4.39. The van der Waals surface area contributed by atoms with Gasteiger partial charge >= 0.3 is 0 Å². The molecule has 0 aliphatic carbocycles. The number of hydrogen-bond acceptors (Lipinski definition) is 3. The lowest BCUT2D eigenvalue weighted by molar-refractivity contribution is -0.129. The van der Waals surface area contributed by atoms with Crippen LogP contribution in [-0.4, -0.2) is 49.3 Å². The summed E-state index contributed by atoms with van der Waals surface area (Å²) in [6.45, 7) is 10.3. The number of rotatable bonds is 7. The van der Waals surface area contributed by atoms with Crippen LogP contribution < -0.4 is 10.6 Å². The number of carbonyl (C=O) groups excluding carboxylic acids is 3. The van der Waals surface area contributed by atoms with Crippen LogP contribution in [0.3, 0.4) is 0 Å². The summed E-state index contributed by atoms with van der Waals surface area (Å²) in [5, 5.41) is 5.54. The maximum atomic E-state index is 12.5. The average Bonchev–Trinajstić information content (AvgIpc) is 2.58. The topological polar surface area (TPSA) is 78.5 Å². The Morgan fingerprint density at radius 3 is 2.04 bits per heavy atom. The van der Waals surface area contributed by atoms with Gasteiger partial charge < -0.3 is 15.5 Å². The van der Waals surface area contributed by atoms with Crippen LogP contribution in [0.15, 0.2) is 24.3 Å². The van der Waals surface area contributed by atoms with E-state index in [0.29, 0.717) is 5.56 Å². The Balaban J connectivity index is 2.71. The maximum Gasteiger partial charge on any atom is 0.251 e. The minimum atomic E-state index is -0.658. The van der Waals surface area contributed by atoms with Crippen LogP contribution in [0, 0.1) is 5.92 Å². The van der Waals surface area contributed by atoms with Crippen LogP contribution in [0.5, 0.6) is 0 Å². The molecule has 0 radical (unpaired) electrons. The molecule has 1 unspecified atom stereocenters. The predicted molar refractivity (Wildman–Crippen MR) is 108 cm³/mol. The molecular weight excluding hydrogens is 342 g/mol. The van der Waals surface area contributed by atoms with Gasteiger partial charge in [-0.25, -0.2) is 0 Å². The summed E-state index contributed by atoms with van der Waals surface area (Å²) in [5.41, 5.74) is 1.67. The Bertz CT molecular complexity index is 658. The van der Waals surface area contributed by atoms with Crippen molar-refractivity contribution in [2.75, 3.05) is 20.6 Å². The Morgan fingerprint density at radius 1 is 1.04 bits per heavy atom. The van der Waals surface area contributed by atoms with Crippen LogP contribution in [0.1, 0.15) is 57.0 Å². The number of nitrogens with zero attached hydrogens (tertiary/aromatic N) is 1. The van der Waals surface area contributed by atoms with Gasteiger partial charge in [-0.2, -0.15) is 0 Å². The molecule has 0 aromatic heterocycles. The second-order valence-electron chi connectivity index (χ2n) is 8.35. The third kappa shape index (κ3) is 7.04. The number of amides is 3. The minimum Gasteiger partial charge on any atom is -0.354 e. The highest BCUT2D eigenvalue weighted by Gasteiger charge is 2.25. The largest absolute Gasteiger partial charge is 0.354 e. The van der Waals surface area contributed by atoms with Crippen LogP contribution >= 0.6 is 0 Å². The lowest BCUT2D eigenvalue weighted by Gasteiger charge is -2.22. The highest BCUT2D eigenvalue weighted by molar-refractivity contribution is 5.97. The zero-order chi connectivity index (χ0) is 20.8. The standard InChI is InChI=1S/C21H33N3O3/c1-14(2)18(20(27)22-13-12-17(25)24(6)7)23-19(26)15-8-10-16(11-9-15)21(3,4)5/h8-11,14,18H,12-13H2,1-7H3,(H,22,27)(H,23,26). The molecule has 0 bridgehead atoms. The van der Waals surface area contributed by atoms with Gasteiger partial charge in [0.25, 0.3) is 5.91 Å². The fourth-order valence-electron chi connectivity index (χ4n) is 2.51. The second kappa shape index (κ2) is 9.53. The first-order valence-corrected chi connectivity index (χ1v) is 9.32. The zero-order valence-electron chi connectivity index (χ0n) is 17.6. The molecule has 6 heteroatoms. The number of hydrogen-bond donors (Lipinski definition) is 2. The van der Waals surface area contributed by atoms with E-state index in [2.05, 4.69) is 31.4 Å². The minimum absolute atomic E-state index is 0.0132. The molecule has 27 heavy (non-hydrogen) atoms. The quantitative estimate of drug-likeness (QED) is 0.768. The summed E-state index contributed by atoms with van der Waals surface area (Å²) in [6.07, 6.45) is 0.228. The molecule has 0 heterocycles. The first kappa shape index (κ1) is 22.7. The first-order valence-electron chi connectivity index (χ1n) is 9.32. The number of benzene rings is 1. The van der Waals surface area contributed by atoms with Crippen molar-refractivity contribution in [1.82, 2.24) is 15.5 Å². The summed E-state index contributed by atoms with van der Waals surface area (Å²) >= 11 is 0. The van der Waals surface area contributed by atoms with Gasteiger partial charge in [0.15, 0.2) is 0 Å². The molecule has 3 amide bonds. The van der Waals surface area contributed by atoms with Crippen molar-refractivity contribution < 1.29 is 14.4 Å². The lowest BCUT2D eigenvalue weighted by atomic mass is 9.86. The van der Waals surface area contributed by atoms with Crippen molar-refractivity contribution in [1.29, 1.82) is 0 Å². The van der Waals surface area contributed by atoms with Crippen molar-refractivity contribution in [3.8, 4) is 0 Å². The van der Waals surface area contributed by atoms with Gasteiger partial charge in [-0.3, -0.25) is 14.4 Å². The smallest absolute Gasteiger partial charge is 0.251 e. The van der Waals surface area contributed by atoms with E-state index in [-0.39, 0.29) is 42.0 Å². The molecule has 6 nitrogen and oxygen atoms in total. The molecule has 0 saturated carbocycles. The van der Waals surface area contributed by atoms with Crippen LogP contribution in [-0.2, 0) is 15.0 Å². The Kier molecular flexibility index (Phi) is 8.00. The highest BCUT2D eigenvalue weighted by Crippen LogP contribution is 2.22. The van der Waals surface area contributed by atoms with E-state index < -0.39 is 6.04 Å². The van der Waals surface area contributed by atoms with Crippen molar-refractivity contribution in [2.45, 2.75) is 52.5 Å². The Morgan fingerprint density at radius 2 is 1.59 bits per heavy atom. The summed E-state index contributed by atoms with van der Waals surface area (Å²) in [6, 6.07) is 6.77. The molecule has 1 atom stereocenters. The number of nitrogens with one attached hydrogen (secondary N) is 2. The maximum absolute atomic E-state index is 12.5. The van der Waals surface area contributed by atoms with Crippen molar-refractivity contribution >= 4 is 17.7 Å². The normalized spacial score (nSPS) is 12.4. The number of carbonyl (C=O) groups is 3. The Hall–Kier alpha value is -2.37. The van der Waals surface area contributed by atoms with Gasteiger partial charge in [0.05, 0.1) is 0 Å². The van der Waals surface area contributed by atoms with Crippen LogP contribution in [0.25, 0.3) is 0 Å². The van der Waals surface area contributed by atoms with E-state index in [1.807, 2.05) is 26.0 Å². The second-order valence-corrected chi connectivity index (χ2v) is 8.35. The van der Waals surface area contributed by atoms with Gasteiger partial charge in [-0.15, -0.1) is 0 Å². The van der Waals surface area contributed by atoms with E-state index in [1.54, 1.807) is 26.2 Å². The molecule has 1 aromatic rings. The molecule has 150 valence electrons. The van der Waals surface area contributed by atoms with E-state index in [9.17, 15) is 14.4 Å².